The minimum Gasteiger partial charge on any atom is -0.393 e. The van der Waals surface area contributed by atoms with Crippen molar-refractivity contribution in [2.45, 2.75) is 31.0 Å². The van der Waals surface area contributed by atoms with Gasteiger partial charge in [0.2, 0.25) is 0 Å². The molecule has 15 heavy (non-hydrogen) atoms. The molecule has 1 saturated heterocycles. The van der Waals surface area contributed by atoms with Crippen molar-refractivity contribution in [3.63, 3.8) is 0 Å². The molecule has 3 rings (SSSR count). The van der Waals surface area contributed by atoms with Crippen LogP contribution >= 0.6 is 0 Å². The Balaban J connectivity index is 1.88. The highest BCUT2D eigenvalue weighted by Crippen LogP contribution is 2.39. The minimum atomic E-state index is -0.164. The normalized spacial score (nSPS) is 39.3. The summed E-state index contributed by atoms with van der Waals surface area (Å²) in [5, 5.41) is 9.95. The Labute approximate surface area is 89.5 Å². The van der Waals surface area contributed by atoms with E-state index in [2.05, 4.69) is 23.0 Å². The van der Waals surface area contributed by atoms with Gasteiger partial charge in [0.05, 0.1) is 12.1 Å². The Kier molecular flexibility index (Phi) is 2.24. The van der Waals surface area contributed by atoms with E-state index in [1.54, 1.807) is 0 Å². The largest absolute Gasteiger partial charge is 0.393 e. The van der Waals surface area contributed by atoms with Gasteiger partial charge < -0.3 is 5.11 Å². The van der Waals surface area contributed by atoms with Crippen molar-refractivity contribution in [2.75, 3.05) is 0 Å². The lowest BCUT2D eigenvalue weighted by Crippen LogP contribution is -2.30. The first-order valence-corrected chi connectivity index (χ1v) is 5.60. The number of hydrogen-bond donors (Lipinski definition) is 3. The molecule has 4 atom stereocenters. The number of fused-ring (bicyclic) bond motifs is 1. The number of hydrazine groups is 1. The quantitative estimate of drug-likeness (QED) is 0.639. The molecule has 0 aromatic heterocycles. The van der Waals surface area contributed by atoms with Crippen molar-refractivity contribution in [3.8, 4) is 0 Å². The summed E-state index contributed by atoms with van der Waals surface area (Å²) < 4.78 is 0. The Morgan fingerprint density at radius 3 is 2.67 bits per heavy atom. The monoisotopic (exact) mass is 204 g/mol. The summed E-state index contributed by atoms with van der Waals surface area (Å²) in [5.41, 5.74) is 7.85. The molecule has 1 saturated carbocycles. The van der Waals surface area contributed by atoms with Crippen LogP contribution < -0.4 is 10.9 Å². The Morgan fingerprint density at radius 2 is 1.87 bits per heavy atom. The zero-order valence-corrected chi connectivity index (χ0v) is 8.56. The maximum absolute atomic E-state index is 9.95. The summed E-state index contributed by atoms with van der Waals surface area (Å²) in [6.07, 6.45) is 1.83. The Bertz CT molecular complexity index is 341. The summed E-state index contributed by atoms with van der Waals surface area (Å²) >= 11 is 0. The van der Waals surface area contributed by atoms with Crippen molar-refractivity contribution in [1.29, 1.82) is 0 Å². The van der Waals surface area contributed by atoms with Gasteiger partial charge in [-0.2, -0.15) is 0 Å². The minimum absolute atomic E-state index is 0.164. The molecule has 3 nitrogen and oxygen atoms in total. The molecule has 0 bridgehead atoms. The smallest absolute Gasteiger partial charge is 0.0603 e. The number of rotatable bonds is 1. The molecule has 1 aromatic carbocycles. The highest BCUT2D eigenvalue weighted by atomic mass is 16.3. The van der Waals surface area contributed by atoms with E-state index in [0.29, 0.717) is 12.0 Å². The lowest BCUT2D eigenvalue weighted by molar-refractivity contribution is 0.121. The lowest BCUT2D eigenvalue weighted by atomic mass is 9.90. The highest BCUT2D eigenvalue weighted by Gasteiger charge is 2.45. The predicted octanol–water partition coefficient (Wildman–Crippen LogP) is 0.975. The molecular weight excluding hydrogens is 188 g/mol. The van der Waals surface area contributed by atoms with Gasteiger partial charge in [-0.05, 0) is 18.4 Å². The van der Waals surface area contributed by atoms with Crippen molar-refractivity contribution < 1.29 is 5.11 Å². The Morgan fingerprint density at radius 1 is 1.07 bits per heavy atom. The van der Waals surface area contributed by atoms with Crippen LogP contribution in [0.4, 0.5) is 0 Å². The fourth-order valence-corrected chi connectivity index (χ4v) is 2.89. The van der Waals surface area contributed by atoms with Crippen molar-refractivity contribution in [1.82, 2.24) is 10.9 Å². The second-order valence-electron chi connectivity index (χ2n) is 4.51. The van der Waals surface area contributed by atoms with Crippen molar-refractivity contribution in [2.24, 2.45) is 5.92 Å². The van der Waals surface area contributed by atoms with Crippen LogP contribution in [0.1, 0.15) is 24.4 Å². The number of aliphatic hydroxyl groups excluding tert-OH is 1. The molecule has 0 spiro atoms. The van der Waals surface area contributed by atoms with Gasteiger partial charge in [-0.3, -0.25) is 5.43 Å². The van der Waals surface area contributed by atoms with Gasteiger partial charge in [0.15, 0.2) is 0 Å². The van der Waals surface area contributed by atoms with E-state index >= 15 is 0 Å². The predicted molar refractivity (Wildman–Crippen MR) is 58.0 cm³/mol. The van der Waals surface area contributed by atoms with Gasteiger partial charge in [-0.25, -0.2) is 5.43 Å². The van der Waals surface area contributed by atoms with E-state index in [1.807, 2.05) is 18.2 Å². The first-order chi connectivity index (χ1) is 7.36. The molecule has 2 fully saturated rings. The zero-order valence-electron chi connectivity index (χ0n) is 8.56. The molecule has 2 aliphatic rings. The van der Waals surface area contributed by atoms with Gasteiger partial charge in [-0.15, -0.1) is 0 Å². The van der Waals surface area contributed by atoms with Crippen LogP contribution in [0.2, 0.25) is 0 Å². The van der Waals surface area contributed by atoms with Crippen molar-refractivity contribution in [3.05, 3.63) is 35.9 Å². The lowest BCUT2D eigenvalue weighted by Gasteiger charge is -2.20. The maximum Gasteiger partial charge on any atom is 0.0603 e. The summed E-state index contributed by atoms with van der Waals surface area (Å²) in [7, 11) is 0. The van der Waals surface area contributed by atoms with Crippen LogP contribution in [0.15, 0.2) is 30.3 Å². The second-order valence-corrected chi connectivity index (χ2v) is 4.51. The third-order valence-corrected chi connectivity index (χ3v) is 3.65. The fraction of sp³-hybridized carbons (Fsp3) is 0.500. The average molecular weight is 204 g/mol. The molecule has 0 radical (unpaired) electrons. The molecule has 3 heteroatoms. The van der Waals surface area contributed by atoms with E-state index in [-0.39, 0.29) is 12.1 Å². The molecule has 3 N–H and O–H groups in total. The van der Waals surface area contributed by atoms with E-state index in [0.717, 1.165) is 12.8 Å². The average Bonchev–Trinajstić information content (AvgIpc) is 2.84. The highest BCUT2D eigenvalue weighted by molar-refractivity contribution is 5.22. The third kappa shape index (κ3) is 1.47. The number of hydrogen-bond acceptors (Lipinski definition) is 3. The van der Waals surface area contributed by atoms with Gasteiger partial charge in [0.1, 0.15) is 0 Å². The van der Waals surface area contributed by atoms with Gasteiger partial charge in [-0.1, -0.05) is 30.3 Å². The number of nitrogens with one attached hydrogen (secondary N) is 2. The van der Waals surface area contributed by atoms with E-state index < -0.39 is 0 Å². The molecule has 1 aliphatic heterocycles. The summed E-state index contributed by atoms with van der Waals surface area (Å²) in [6, 6.07) is 11.0. The molecule has 0 amide bonds. The molecule has 4 unspecified atom stereocenters. The van der Waals surface area contributed by atoms with Crippen LogP contribution in [0.5, 0.6) is 0 Å². The van der Waals surface area contributed by atoms with Crippen LogP contribution in [0, 0.1) is 5.92 Å². The zero-order chi connectivity index (χ0) is 10.3. The number of aliphatic hydroxyl groups is 1. The molecule has 1 heterocycles. The van der Waals surface area contributed by atoms with Gasteiger partial charge in [0, 0.05) is 12.0 Å². The maximum atomic E-state index is 9.95. The fourth-order valence-electron chi connectivity index (χ4n) is 2.89. The van der Waals surface area contributed by atoms with E-state index in [9.17, 15) is 5.11 Å². The first kappa shape index (κ1) is 9.33. The van der Waals surface area contributed by atoms with Crippen LogP contribution in [0.3, 0.4) is 0 Å². The molecular formula is C12H16N2O. The first-order valence-electron chi connectivity index (χ1n) is 5.60. The van der Waals surface area contributed by atoms with E-state index in [1.165, 1.54) is 5.56 Å². The van der Waals surface area contributed by atoms with Crippen molar-refractivity contribution >= 4 is 0 Å². The third-order valence-electron chi connectivity index (χ3n) is 3.65. The molecule has 80 valence electrons. The number of benzene rings is 1. The topological polar surface area (TPSA) is 44.3 Å². The summed E-state index contributed by atoms with van der Waals surface area (Å²) in [5.74, 6) is 0.326. The standard InChI is InChI=1S/C12H16N2O/c15-10-7-6-9-11(10)12(14-13-9)8-4-2-1-3-5-8/h1-5,9-15H,6-7H2. The van der Waals surface area contributed by atoms with Crippen LogP contribution in [-0.4, -0.2) is 17.3 Å². The Hall–Kier alpha value is -0.900. The van der Waals surface area contributed by atoms with Gasteiger partial charge in [0.25, 0.3) is 0 Å². The van der Waals surface area contributed by atoms with Gasteiger partial charge >= 0.3 is 0 Å². The second kappa shape index (κ2) is 3.59. The summed E-state index contributed by atoms with van der Waals surface area (Å²) in [4.78, 5) is 0. The van der Waals surface area contributed by atoms with Crippen LogP contribution in [0.25, 0.3) is 0 Å². The summed E-state index contributed by atoms with van der Waals surface area (Å²) in [6.45, 7) is 0. The SMILES string of the molecule is OC1CCC2NNC(c3ccccc3)C12. The van der Waals surface area contributed by atoms with Crippen LogP contribution in [-0.2, 0) is 0 Å². The molecule has 1 aliphatic carbocycles. The molecule has 1 aromatic rings. The van der Waals surface area contributed by atoms with E-state index in [4.69, 9.17) is 0 Å².